The van der Waals surface area contributed by atoms with E-state index in [1.54, 1.807) is 0 Å². The molecule has 0 aliphatic rings. The monoisotopic (exact) mass is 244 g/mol. The Morgan fingerprint density at radius 3 is 2.29 bits per heavy atom. The third-order valence-electron chi connectivity index (χ3n) is 0.929. The maximum Gasteiger partial charge on any atom is 0.481 e. The fraction of sp³-hybridized carbons (Fsp3) is 0.600. The molecule has 0 amide bonds. The molecular weight excluding hydrogens is 234 g/mol. The molecule has 0 fully saturated rings. The highest BCUT2D eigenvalue weighted by Gasteiger charge is 2.31. The number of hydrogen-bond donors (Lipinski definition) is 3. The van der Waals surface area contributed by atoms with Crippen molar-refractivity contribution in [1.82, 2.24) is 0 Å². The summed E-state index contributed by atoms with van der Waals surface area (Å²) in [6, 6.07) is 0. The van der Waals surface area contributed by atoms with E-state index in [0.717, 1.165) is 0 Å². The minimum absolute atomic E-state index is 0.210. The fourth-order valence-electron chi connectivity index (χ4n) is 0.512. The van der Waals surface area contributed by atoms with Crippen molar-refractivity contribution in [2.75, 3.05) is 6.61 Å². The van der Waals surface area contributed by atoms with Crippen molar-refractivity contribution in [3.63, 3.8) is 0 Å². The molecular formula is C5H10O7P2. The summed E-state index contributed by atoms with van der Waals surface area (Å²) in [5.74, 6) is 2.26. The summed E-state index contributed by atoms with van der Waals surface area (Å²) in [4.78, 5) is 25.1. The van der Waals surface area contributed by atoms with Gasteiger partial charge in [0.25, 0.3) is 0 Å². The third-order valence-corrected chi connectivity index (χ3v) is 3.11. The number of phosphoric acid groups is 2. The summed E-state index contributed by atoms with van der Waals surface area (Å²) < 4.78 is 28.6. The average molecular weight is 244 g/mol. The zero-order valence-corrected chi connectivity index (χ0v) is 8.86. The molecule has 14 heavy (non-hydrogen) atoms. The smallest absolute Gasteiger partial charge is 0.302 e. The van der Waals surface area contributed by atoms with Crippen LogP contribution >= 0.6 is 15.6 Å². The molecule has 0 aromatic heterocycles. The Balaban J connectivity index is 3.92. The molecule has 0 radical (unpaired) electrons. The van der Waals surface area contributed by atoms with E-state index in [4.69, 9.17) is 21.1 Å². The first-order valence-electron chi connectivity index (χ1n) is 3.44. The minimum atomic E-state index is -5.02. The summed E-state index contributed by atoms with van der Waals surface area (Å²) >= 11 is 0. The fourth-order valence-corrected chi connectivity index (χ4v) is 2.14. The van der Waals surface area contributed by atoms with Crippen LogP contribution < -0.4 is 0 Å². The molecule has 1 unspecified atom stereocenters. The first-order chi connectivity index (χ1) is 6.27. The molecule has 0 heterocycles. The predicted molar refractivity (Wildman–Crippen MR) is 47.0 cm³/mol. The van der Waals surface area contributed by atoms with Gasteiger partial charge in [0.05, 0.1) is 6.61 Å². The lowest BCUT2D eigenvalue weighted by Gasteiger charge is -2.11. The predicted octanol–water partition coefficient (Wildman–Crippen LogP) is 0.626. The van der Waals surface area contributed by atoms with Gasteiger partial charge in [-0.1, -0.05) is 0 Å². The lowest BCUT2D eigenvalue weighted by Crippen LogP contribution is -1.95. The molecule has 0 aliphatic carbocycles. The third kappa shape index (κ3) is 8.42. The molecule has 0 aliphatic heterocycles. The van der Waals surface area contributed by atoms with E-state index in [-0.39, 0.29) is 6.61 Å². The molecule has 0 spiro atoms. The van der Waals surface area contributed by atoms with Gasteiger partial charge in [0.2, 0.25) is 0 Å². The Hall–Kier alpha value is -0.180. The summed E-state index contributed by atoms with van der Waals surface area (Å²) in [7, 11) is -9.71. The quantitative estimate of drug-likeness (QED) is 0.356. The number of terminal acetylenes is 1. The van der Waals surface area contributed by atoms with E-state index in [0.29, 0.717) is 12.8 Å². The van der Waals surface area contributed by atoms with Crippen molar-refractivity contribution in [2.24, 2.45) is 0 Å². The van der Waals surface area contributed by atoms with Crippen molar-refractivity contribution in [1.29, 1.82) is 0 Å². The normalized spacial score (nSPS) is 15.9. The second-order valence-corrected chi connectivity index (χ2v) is 5.01. The van der Waals surface area contributed by atoms with E-state index in [2.05, 4.69) is 14.8 Å². The van der Waals surface area contributed by atoms with Gasteiger partial charge in [0, 0.05) is 6.42 Å². The highest BCUT2D eigenvalue weighted by atomic mass is 31.3. The van der Waals surface area contributed by atoms with Crippen molar-refractivity contribution in [2.45, 2.75) is 12.8 Å². The molecule has 3 N–H and O–H groups in total. The van der Waals surface area contributed by atoms with Gasteiger partial charge in [-0.3, -0.25) is 4.52 Å². The number of rotatable bonds is 6. The van der Waals surface area contributed by atoms with Crippen LogP contribution in [0.4, 0.5) is 0 Å². The van der Waals surface area contributed by atoms with Crippen LogP contribution in [0.2, 0.25) is 0 Å². The maximum atomic E-state index is 10.8. The highest BCUT2D eigenvalue weighted by molar-refractivity contribution is 7.60. The number of unbranched alkanes of at least 4 members (excludes halogenated alkanes) is 1. The van der Waals surface area contributed by atoms with E-state index in [9.17, 15) is 9.13 Å². The zero-order valence-electron chi connectivity index (χ0n) is 7.07. The molecule has 0 aromatic carbocycles. The molecule has 0 bridgehead atoms. The van der Waals surface area contributed by atoms with Gasteiger partial charge >= 0.3 is 15.6 Å². The van der Waals surface area contributed by atoms with E-state index < -0.39 is 15.6 Å². The van der Waals surface area contributed by atoms with Crippen LogP contribution in [0.3, 0.4) is 0 Å². The van der Waals surface area contributed by atoms with Gasteiger partial charge in [-0.15, -0.1) is 12.3 Å². The topological polar surface area (TPSA) is 113 Å². The van der Waals surface area contributed by atoms with E-state index in [1.807, 2.05) is 0 Å². The van der Waals surface area contributed by atoms with Crippen LogP contribution in [0, 0.1) is 12.3 Å². The van der Waals surface area contributed by atoms with Gasteiger partial charge in [-0.2, -0.15) is 4.31 Å². The number of hydrogen-bond acceptors (Lipinski definition) is 4. The Labute approximate surface area is 80.9 Å². The summed E-state index contributed by atoms with van der Waals surface area (Å²) in [5, 5.41) is 0. The molecule has 9 heteroatoms. The van der Waals surface area contributed by atoms with Gasteiger partial charge in [0.15, 0.2) is 0 Å². The molecule has 0 aromatic rings. The molecule has 82 valence electrons. The standard InChI is InChI=1S/C5H10O7P2/c1-2-3-4-5-11-14(9,10)12-13(6,7)8/h1H,3-5H2,(H,9,10)(H2,6,7,8). The van der Waals surface area contributed by atoms with Crippen LogP contribution in [-0.2, 0) is 18.0 Å². The Kier molecular flexibility index (Phi) is 5.57. The molecule has 0 saturated heterocycles. The zero-order chi connectivity index (χ0) is 11.2. The lowest BCUT2D eigenvalue weighted by atomic mass is 10.3. The minimum Gasteiger partial charge on any atom is -0.302 e. The van der Waals surface area contributed by atoms with E-state index >= 15 is 0 Å². The Bertz CT molecular complexity index is 300. The highest BCUT2D eigenvalue weighted by Crippen LogP contribution is 2.57. The van der Waals surface area contributed by atoms with Crippen molar-refractivity contribution >= 4 is 15.6 Å². The average Bonchev–Trinajstić information content (AvgIpc) is 1.93. The molecule has 0 saturated carbocycles. The van der Waals surface area contributed by atoms with Gasteiger partial charge in [0.1, 0.15) is 0 Å². The molecule has 1 atom stereocenters. The van der Waals surface area contributed by atoms with Crippen LogP contribution in [-0.4, -0.2) is 21.3 Å². The van der Waals surface area contributed by atoms with Crippen LogP contribution in [0.15, 0.2) is 0 Å². The maximum absolute atomic E-state index is 10.8. The second-order valence-electron chi connectivity index (χ2n) is 2.18. The molecule has 7 nitrogen and oxygen atoms in total. The van der Waals surface area contributed by atoms with Gasteiger partial charge < -0.3 is 14.7 Å². The van der Waals surface area contributed by atoms with Crippen LogP contribution in [0.25, 0.3) is 0 Å². The molecule has 0 rings (SSSR count). The van der Waals surface area contributed by atoms with Crippen LogP contribution in [0.1, 0.15) is 12.8 Å². The van der Waals surface area contributed by atoms with Crippen LogP contribution in [0.5, 0.6) is 0 Å². The number of phosphoric ester groups is 1. The Morgan fingerprint density at radius 2 is 1.86 bits per heavy atom. The van der Waals surface area contributed by atoms with Gasteiger partial charge in [-0.05, 0) is 6.42 Å². The Morgan fingerprint density at radius 1 is 1.29 bits per heavy atom. The lowest BCUT2D eigenvalue weighted by molar-refractivity contribution is 0.177. The van der Waals surface area contributed by atoms with Crippen molar-refractivity contribution < 1.29 is 32.6 Å². The van der Waals surface area contributed by atoms with Crippen molar-refractivity contribution in [3.05, 3.63) is 0 Å². The summed E-state index contributed by atoms with van der Waals surface area (Å²) in [6.07, 6.45) is 5.51. The summed E-state index contributed by atoms with van der Waals surface area (Å²) in [5.41, 5.74) is 0. The van der Waals surface area contributed by atoms with Gasteiger partial charge in [-0.25, -0.2) is 9.13 Å². The van der Waals surface area contributed by atoms with E-state index in [1.165, 1.54) is 0 Å². The van der Waals surface area contributed by atoms with Crippen molar-refractivity contribution in [3.8, 4) is 12.3 Å². The SMILES string of the molecule is C#CCCCOP(=O)(O)OP(=O)(O)O. The summed E-state index contributed by atoms with van der Waals surface area (Å²) in [6.45, 7) is -0.210. The first kappa shape index (κ1) is 13.8. The second kappa shape index (κ2) is 5.64. The largest absolute Gasteiger partial charge is 0.481 e. The first-order valence-corrected chi connectivity index (χ1v) is 6.47.